The third-order valence-corrected chi connectivity index (χ3v) is 10.5. The lowest BCUT2D eigenvalue weighted by molar-refractivity contribution is 0.252. The van der Waals surface area contributed by atoms with E-state index < -0.39 is 0 Å². The second-order valence-electron chi connectivity index (χ2n) is 13.1. The number of piperidine rings is 1. The normalized spacial score (nSPS) is 28.1. The molecule has 1 saturated heterocycles. The van der Waals surface area contributed by atoms with Gasteiger partial charge in [0.2, 0.25) is 11.8 Å². The maximum Gasteiger partial charge on any atom is 0.236 e. The molecule has 206 valence electrons. The first-order valence-electron chi connectivity index (χ1n) is 15.8. The highest BCUT2D eigenvalue weighted by atomic mass is 15.3. The van der Waals surface area contributed by atoms with E-state index >= 15 is 0 Å². The summed E-state index contributed by atoms with van der Waals surface area (Å²) in [6.07, 6.45) is 19.7. The number of rotatable bonds is 7. The van der Waals surface area contributed by atoms with Gasteiger partial charge in [0.15, 0.2) is 11.5 Å². The molecule has 1 N–H and O–H groups in total. The van der Waals surface area contributed by atoms with E-state index in [2.05, 4.69) is 39.7 Å². The predicted octanol–water partition coefficient (Wildman–Crippen LogP) is 7.06. The van der Waals surface area contributed by atoms with Crippen molar-refractivity contribution in [2.75, 3.05) is 16.8 Å². The molecule has 0 radical (unpaired) electrons. The molecule has 1 aliphatic heterocycles. The Labute approximate surface area is 228 Å². The molecule has 0 bridgehead atoms. The molecule has 1 unspecified atom stereocenters. The van der Waals surface area contributed by atoms with Crippen molar-refractivity contribution in [3.63, 3.8) is 0 Å². The summed E-state index contributed by atoms with van der Waals surface area (Å²) in [4.78, 5) is 17.4. The number of aromatic nitrogens is 4. The quantitative estimate of drug-likeness (QED) is 0.423. The van der Waals surface area contributed by atoms with Crippen molar-refractivity contribution < 1.29 is 0 Å². The monoisotopic (exact) mass is 517 g/mol. The molecule has 38 heavy (non-hydrogen) atoms. The average molecular weight is 518 g/mol. The van der Waals surface area contributed by atoms with E-state index in [4.69, 9.17) is 9.97 Å². The van der Waals surface area contributed by atoms with Crippen molar-refractivity contribution >= 4 is 22.9 Å². The maximum atomic E-state index is 9.80. The van der Waals surface area contributed by atoms with Crippen molar-refractivity contribution in [3.05, 3.63) is 5.82 Å². The zero-order chi connectivity index (χ0) is 26.1. The summed E-state index contributed by atoms with van der Waals surface area (Å²) in [6, 6.07) is 3.12. The Morgan fingerprint density at radius 2 is 1.66 bits per heavy atom. The van der Waals surface area contributed by atoms with Crippen LogP contribution in [0.4, 0.5) is 11.8 Å². The van der Waals surface area contributed by atoms with Crippen LogP contribution in [0.1, 0.15) is 116 Å². The number of nitrogens with zero attached hydrogens (tertiary/aromatic N) is 6. The molecule has 4 aliphatic rings. The number of fused-ring (bicyclic) bond motifs is 1. The molecule has 3 heterocycles. The number of nitriles is 1. The van der Waals surface area contributed by atoms with E-state index in [1.54, 1.807) is 0 Å². The minimum absolute atomic E-state index is 0.228. The van der Waals surface area contributed by atoms with Gasteiger partial charge in [-0.05, 0) is 88.4 Å². The Kier molecular flexibility index (Phi) is 7.77. The summed E-state index contributed by atoms with van der Waals surface area (Å²) in [6.45, 7) is 6.73. The standard InChI is InChI=1S/C31H47N7/c1-21-14-16-23(17-15-21)20-38-28-29(33-22(2)24-11-8-12-24)34-27(19-32)35-30(28)36-31(38)37-18-7-6-13-26(37)25-9-4-3-5-10-25/h21-26H,3-18,20H2,1-2H3,(H,33,34,35)/t21-,22-,23-,26?/m1/s1. The van der Waals surface area contributed by atoms with E-state index in [1.807, 2.05) is 0 Å². The maximum absolute atomic E-state index is 9.80. The molecule has 2 aromatic heterocycles. The number of hydrogen-bond acceptors (Lipinski definition) is 6. The first kappa shape index (κ1) is 25.9. The third-order valence-electron chi connectivity index (χ3n) is 10.5. The van der Waals surface area contributed by atoms with Crippen LogP contribution in [0.3, 0.4) is 0 Å². The topological polar surface area (TPSA) is 82.7 Å². The zero-order valence-corrected chi connectivity index (χ0v) is 23.7. The molecule has 2 atom stereocenters. The van der Waals surface area contributed by atoms with Crippen molar-refractivity contribution in [2.45, 2.75) is 129 Å². The summed E-state index contributed by atoms with van der Waals surface area (Å²) >= 11 is 0. The van der Waals surface area contributed by atoms with Gasteiger partial charge in [-0.3, -0.25) is 0 Å². The Morgan fingerprint density at radius 3 is 2.37 bits per heavy atom. The Balaban J connectivity index is 1.42. The summed E-state index contributed by atoms with van der Waals surface area (Å²) in [5.41, 5.74) is 1.73. The molecular weight excluding hydrogens is 470 g/mol. The van der Waals surface area contributed by atoms with Crippen molar-refractivity contribution in [1.29, 1.82) is 5.26 Å². The number of anilines is 2. The van der Waals surface area contributed by atoms with Crippen molar-refractivity contribution in [1.82, 2.24) is 19.5 Å². The van der Waals surface area contributed by atoms with Crippen LogP contribution in [0.5, 0.6) is 0 Å². The summed E-state index contributed by atoms with van der Waals surface area (Å²) in [5, 5.41) is 13.6. The highest BCUT2D eigenvalue weighted by molar-refractivity contribution is 5.86. The summed E-state index contributed by atoms with van der Waals surface area (Å²) in [5.74, 6) is 5.09. The number of hydrogen-bond donors (Lipinski definition) is 1. The van der Waals surface area contributed by atoms with Gasteiger partial charge in [0.1, 0.15) is 11.6 Å². The Hall–Kier alpha value is -2.36. The van der Waals surface area contributed by atoms with Gasteiger partial charge in [-0.2, -0.15) is 20.2 Å². The summed E-state index contributed by atoms with van der Waals surface area (Å²) < 4.78 is 2.49. The Bertz CT molecular complexity index is 1130. The van der Waals surface area contributed by atoms with Gasteiger partial charge in [-0.15, -0.1) is 0 Å². The summed E-state index contributed by atoms with van der Waals surface area (Å²) in [7, 11) is 0. The van der Waals surface area contributed by atoms with Gasteiger partial charge in [0.05, 0.1) is 0 Å². The van der Waals surface area contributed by atoms with Crippen LogP contribution in [0.15, 0.2) is 0 Å². The van der Waals surface area contributed by atoms with E-state index in [1.165, 1.54) is 96.3 Å². The molecule has 0 amide bonds. The van der Waals surface area contributed by atoms with Gasteiger partial charge in [0.25, 0.3) is 0 Å². The number of imidazole rings is 1. The lowest BCUT2D eigenvalue weighted by atomic mass is 9.80. The van der Waals surface area contributed by atoms with Gasteiger partial charge < -0.3 is 14.8 Å². The highest BCUT2D eigenvalue weighted by Gasteiger charge is 2.35. The molecule has 2 aromatic rings. The zero-order valence-electron chi connectivity index (χ0n) is 23.7. The van der Waals surface area contributed by atoms with Crippen LogP contribution >= 0.6 is 0 Å². The fourth-order valence-electron chi connectivity index (χ4n) is 7.83. The first-order chi connectivity index (χ1) is 18.6. The van der Waals surface area contributed by atoms with E-state index in [9.17, 15) is 5.26 Å². The molecule has 0 aromatic carbocycles. The molecule has 4 fully saturated rings. The fraction of sp³-hybridized carbons (Fsp3) is 0.806. The molecule has 7 nitrogen and oxygen atoms in total. The fourth-order valence-corrected chi connectivity index (χ4v) is 7.83. The second-order valence-corrected chi connectivity index (χ2v) is 13.1. The van der Waals surface area contributed by atoms with E-state index in [0.29, 0.717) is 29.6 Å². The number of nitrogens with one attached hydrogen (secondary N) is 1. The molecule has 3 aliphatic carbocycles. The molecule has 6 rings (SSSR count). The minimum Gasteiger partial charge on any atom is -0.365 e. The highest BCUT2D eigenvalue weighted by Crippen LogP contribution is 2.40. The smallest absolute Gasteiger partial charge is 0.236 e. The first-order valence-corrected chi connectivity index (χ1v) is 15.8. The van der Waals surface area contributed by atoms with Crippen LogP contribution in [0.2, 0.25) is 0 Å². The lowest BCUT2D eigenvalue weighted by Crippen LogP contribution is -2.46. The molecule has 7 heteroatoms. The predicted molar refractivity (Wildman–Crippen MR) is 153 cm³/mol. The molecular formula is C31H47N7. The van der Waals surface area contributed by atoms with Crippen molar-refractivity contribution in [3.8, 4) is 6.07 Å². The van der Waals surface area contributed by atoms with Gasteiger partial charge in [-0.25, -0.2) is 0 Å². The van der Waals surface area contributed by atoms with Crippen LogP contribution in [0, 0.1) is 35.0 Å². The van der Waals surface area contributed by atoms with Gasteiger partial charge >= 0.3 is 0 Å². The third kappa shape index (κ3) is 5.25. The van der Waals surface area contributed by atoms with Crippen LogP contribution < -0.4 is 10.2 Å². The SMILES string of the molecule is C[C@@H](Nc1nc(C#N)nc2nc(N3CCCCC3C3CCCCC3)n(C[C@H]3CC[C@H](C)CC3)c12)C1CCC1. The van der Waals surface area contributed by atoms with E-state index in [-0.39, 0.29) is 5.82 Å². The molecule has 3 saturated carbocycles. The second kappa shape index (κ2) is 11.4. The lowest BCUT2D eigenvalue weighted by Gasteiger charge is -2.43. The minimum atomic E-state index is 0.228. The van der Waals surface area contributed by atoms with Gasteiger partial charge in [-0.1, -0.05) is 45.4 Å². The Morgan fingerprint density at radius 1 is 0.895 bits per heavy atom. The van der Waals surface area contributed by atoms with E-state index in [0.717, 1.165) is 42.2 Å². The average Bonchev–Trinajstić information content (AvgIpc) is 3.27. The van der Waals surface area contributed by atoms with Crippen LogP contribution in [-0.2, 0) is 6.54 Å². The van der Waals surface area contributed by atoms with Crippen LogP contribution in [-0.4, -0.2) is 38.1 Å². The van der Waals surface area contributed by atoms with Gasteiger partial charge in [0, 0.05) is 25.2 Å². The van der Waals surface area contributed by atoms with Crippen LogP contribution in [0.25, 0.3) is 11.2 Å². The largest absolute Gasteiger partial charge is 0.365 e. The molecule has 0 spiro atoms. The van der Waals surface area contributed by atoms with Crippen molar-refractivity contribution in [2.24, 2.45) is 23.7 Å².